The van der Waals surface area contributed by atoms with Crippen LogP contribution in [-0.4, -0.2) is 19.7 Å². The second kappa shape index (κ2) is 6.39. The summed E-state index contributed by atoms with van der Waals surface area (Å²) < 4.78 is 1.80. The quantitative estimate of drug-likeness (QED) is 0.552. The molecule has 0 aliphatic rings. The van der Waals surface area contributed by atoms with Crippen molar-refractivity contribution in [3.8, 4) is 17.0 Å². The summed E-state index contributed by atoms with van der Waals surface area (Å²) in [5, 5.41) is 15.3. The van der Waals surface area contributed by atoms with Gasteiger partial charge < -0.3 is 5.11 Å². The smallest absolute Gasteiger partial charge is 0.153 e. The first-order chi connectivity index (χ1) is 12.1. The number of hydrogen-bond acceptors (Lipinski definition) is 3. The molecule has 2 aromatic carbocycles. The molecule has 0 bridgehead atoms. The molecule has 0 unspecified atom stereocenters. The van der Waals surface area contributed by atoms with Crippen LogP contribution in [0.1, 0.15) is 11.3 Å². The summed E-state index contributed by atoms with van der Waals surface area (Å²) in [6.45, 7) is 0. The van der Waals surface area contributed by atoms with E-state index in [1.165, 1.54) is 0 Å². The summed E-state index contributed by atoms with van der Waals surface area (Å²) in [5.41, 5.74) is 4.27. The number of rotatable bonds is 3. The van der Waals surface area contributed by atoms with E-state index in [2.05, 4.69) is 10.1 Å². The van der Waals surface area contributed by atoms with Gasteiger partial charge in [-0.2, -0.15) is 5.10 Å². The molecule has 0 radical (unpaired) electrons. The molecule has 4 nitrogen and oxygen atoms in total. The minimum absolute atomic E-state index is 0.248. The standard InChI is InChI=1S/C19H13Cl2N3O/c20-13-3-6-17(21)16(10-13)18-7-8-19-22-11-14(24(19)23-18)9-12-1-4-15(25)5-2-12/h1-8,10-11,25H,9H2. The molecule has 0 spiro atoms. The van der Waals surface area contributed by atoms with Crippen LogP contribution in [0.15, 0.2) is 60.8 Å². The molecule has 4 aromatic rings. The van der Waals surface area contributed by atoms with Gasteiger partial charge in [0.05, 0.1) is 22.6 Å². The summed E-state index contributed by atoms with van der Waals surface area (Å²) in [4.78, 5) is 4.40. The first-order valence-corrected chi connectivity index (χ1v) is 8.43. The summed E-state index contributed by atoms with van der Waals surface area (Å²) in [6, 6.07) is 16.2. The molecule has 0 saturated carbocycles. The second-order valence-electron chi connectivity index (χ2n) is 5.71. The van der Waals surface area contributed by atoms with Crippen molar-refractivity contribution in [3.63, 3.8) is 0 Å². The lowest BCUT2D eigenvalue weighted by atomic mass is 10.1. The van der Waals surface area contributed by atoms with Gasteiger partial charge in [-0.1, -0.05) is 35.3 Å². The van der Waals surface area contributed by atoms with E-state index in [9.17, 15) is 5.11 Å². The zero-order valence-electron chi connectivity index (χ0n) is 13.0. The third-order valence-electron chi connectivity index (χ3n) is 3.96. The molecule has 2 aromatic heterocycles. The van der Waals surface area contributed by atoms with E-state index >= 15 is 0 Å². The molecular weight excluding hydrogens is 357 g/mol. The summed E-state index contributed by atoms with van der Waals surface area (Å²) in [6.07, 6.45) is 2.46. The van der Waals surface area contributed by atoms with Crippen molar-refractivity contribution in [1.29, 1.82) is 0 Å². The normalized spacial score (nSPS) is 11.1. The minimum atomic E-state index is 0.248. The highest BCUT2D eigenvalue weighted by Crippen LogP contribution is 2.29. The molecule has 25 heavy (non-hydrogen) atoms. The fourth-order valence-electron chi connectivity index (χ4n) is 2.70. The number of hydrogen-bond donors (Lipinski definition) is 1. The van der Waals surface area contributed by atoms with Crippen molar-refractivity contribution in [1.82, 2.24) is 14.6 Å². The van der Waals surface area contributed by atoms with Crippen LogP contribution in [0.2, 0.25) is 10.0 Å². The Labute approximate surface area is 154 Å². The van der Waals surface area contributed by atoms with Gasteiger partial charge in [0.2, 0.25) is 0 Å². The van der Waals surface area contributed by atoms with Gasteiger partial charge in [0.25, 0.3) is 0 Å². The number of phenols is 1. The molecule has 0 amide bonds. The second-order valence-corrected chi connectivity index (χ2v) is 6.55. The molecule has 0 aliphatic heterocycles. The highest BCUT2D eigenvalue weighted by Gasteiger charge is 2.10. The van der Waals surface area contributed by atoms with Gasteiger partial charge in [0.15, 0.2) is 5.65 Å². The fraction of sp³-hybridized carbons (Fsp3) is 0.0526. The monoisotopic (exact) mass is 369 g/mol. The Morgan fingerprint density at radius 3 is 2.56 bits per heavy atom. The third kappa shape index (κ3) is 3.18. The Morgan fingerprint density at radius 1 is 0.960 bits per heavy atom. The Bertz CT molecular complexity index is 1060. The minimum Gasteiger partial charge on any atom is -0.508 e. The predicted molar refractivity (Wildman–Crippen MR) is 99.4 cm³/mol. The SMILES string of the molecule is Oc1ccc(Cc2cnc3ccc(-c4cc(Cl)ccc4Cl)nn23)cc1. The maximum atomic E-state index is 9.41. The van der Waals surface area contributed by atoms with E-state index in [1.807, 2.05) is 24.3 Å². The molecule has 0 atom stereocenters. The molecule has 6 heteroatoms. The molecule has 2 heterocycles. The van der Waals surface area contributed by atoms with Crippen LogP contribution in [0.3, 0.4) is 0 Å². The Morgan fingerprint density at radius 2 is 1.76 bits per heavy atom. The van der Waals surface area contributed by atoms with E-state index in [-0.39, 0.29) is 5.75 Å². The average molecular weight is 370 g/mol. The molecule has 0 saturated heterocycles. The van der Waals surface area contributed by atoms with Gasteiger partial charge in [-0.05, 0) is 48.0 Å². The number of phenolic OH excluding ortho intramolecular Hbond substituents is 1. The van der Waals surface area contributed by atoms with Crippen LogP contribution in [-0.2, 0) is 6.42 Å². The lowest BCUT2D eigenvalue weighted by Gasteiger charge is -2.07. The molecule has 124 valence electrons. The third-order valence-corrected chi connectivity index (χ3v) is 4.52. The predicted octanol–water partition coefficient (Wildman–Crippen LogP) is 5.00. The number of imidazole rings is 1. The van der Waals surface area contributed by atoms with Crippen LogP contribution in [0, 0.1) is 0 Å². The van der Waals surface area contributed by atoms with Crippen molar-refractivity contribution in [2.24, 2.45) is 0 Å². The first-order valence-electron chi connectivity index (χ1n) is 7.67. The van der Waals surface area contributed by atoms with E-state index < -0.39 is 0 Å². The van der Waals surface area contributed by atoms with Crippen LogP contribution in [0.4, 0.5) is 0 Å². The van der Waals surface area contributed by atoms with Gasteiger partial charge in [-0.15, -0.1) is 0 Å². The first kappa shape index (κ1) is 15.9. The van der Waals surface area contributed by atoms with Gasteiger partial charge in [0, 0.05) is 17.0 Å². The number of fused-ring (bicyclic) bond motifs is 1. The molecule has 0 aliphatic carbocycles. The van der Waals surface area contributed by atoms with E-state index in [1.54, 1.807) is 41.0 Å². The maximum Gasteiger partial charge on any atom is 0.153 e. The molecule has 4 rings (SSSR count). The Balaban J connectivity index is 1.77. The van der Waals surface area contributed by atoms with Crippen LogP contribution in [0.25, 0.3) is 16.9 Å². The van der Waals surface area contributed by atoms with Crippen LogP contribution in [0.5, 0.6) is 5.75 Å². The van der Waals surface area contributed by atoms with Gasteiger partial charge in [0.1, 0.15) is 5.75 Å². The number of benzene rings is 2. The highest BCUT2D eigenvalue weighted by molar-refractivity contribution is 6.35. The Hall–Kier alpha value is -2.56. The summed E-state index contributed by atoms with van der Waals surface area (Å²) in [5.74, 6) is 0.248. The van der Waals surface area contributed by atoms with Gasteiger partial charge in [-0.25, -0.2) is 9.50 Å². The topological polar surface area (TPSA) is 50.4 Å². The summed E-state index contributed by atoms with van der Waals surface area (Å²) >= 11 is 12.4. The average Bonchev–Trinajstić information content (AvgIpc) is 3.01. The molecule has 1 N–H and O–H groups in total. The van der Waals surface area contributed by atoms with E-state index in [4.69, 9.17) is 23.2 Å². The highest BCUT2D eigenvalue weighted by atomic mass is 35.5. The maximum absolute atomic E-state index is 9.41. The molecule has 0 fully saturated rings. The number of halogens is 2. The molecular formula is C19H13Cl2N3O. The number of aromatic nitrogens is 3. The van der Waals surface area contributed by atoms with Crippen LogP contribution >= 0.6 is 23.2 Å². The lowest BCUT2D eigenvalue weighted by Crippen LogP contribution is -2.00. The van der Waals surface area contributed by atoms with E-state index in [0.717, 1.165) is 28.2 Å². The zero-order valence-corrected chi connectivity index (χ0v) is 14.5. The van der Waals surface area contributed by atoms with Crippen molar-refractivity contribution in [2.75, 3.05) is 0 Å². The Kier molecular flexibility index (Phi) is 4.07. The number of nitrogens with zero attached hydrogens (tertiary/aromatic N) is 3. The lowest BCUT2D eigenvalue weighted by molar-refractivity contribution is 0.475. The van der Waals surface area contributed by atoms with Crippen molar-refractivity contribution in [3.05, 3.63) is 82.1 Å². The van der Waals surface area contributed by atoms with Crippen LogP contribution < -0.4 is 0 Å². The van der Waals surface area contributed by atoms with Crippen molar-refractivity contribution in [2.45, 2.75) is 6.42 Å². The van der Waals surface area contributed by atoms with E-state index in [0.29, 0.717) is 16.5 Å². The summed E-state index contributed by atoms with van der Waals surface area (Å²) in [7, 11) is 0. The van der Waals surface area contributed by atoms with Crippen molar-refractivity contribution < 1.29 is 5.11 Å². The fourth-order valence-corrected chi connectivity index (χ4v) is 3.09. The van der Waals surface area contributed by atoms with Gasteiger partial charge >= 0.3 is 0 Å². The van der Waals surface area contributed by atoms with Gasteiger partial charge in [-0.3, -0.25) is 0 Å². The van der Waals surface area contributed by atoms with Crippen molar-refractivity contribution >= 4 is 28.8 Å². The zero-order chi connectivity index (χ0) is 17.4. The number of aromatic hydroxyl groups is 1. The largest absolute Gasteiger partial charge is 0.508 e.